The summed E-state index contributed by atoms with van der Waals surface area (Å²) >= 11 is 0. The molecule has 1 heterocycles. The van der Waals surface area contributed by atoms with Gasteiger partial charge in [0.25, 0.3) is 5.91 Å². The van der Waals surface area contributed by atoms with E-state index in [1.54, 1.807) is 19.2 Å². The lowest BCUT2D eigenvalue weighted by molar-refractivity contribution is 0.0995. The van der Waals surface area contributed by atoms with Crippen molar-refractivity contribution >= 4 is 5.91 Å². The predicted molar refractivity (Wildman–Crippen MR) is 84.3 cm³/mol. The molecule has 2 N–H and O–H groups in total. The van der Waals surface area contributed by atoms with Crippen molar-refractivity contribution in [2.24, 2.45) is 11.7 Å². The fraction of sp³-hybridized carbons (Fsp3) is 0.278. The van der Waals surface area contributed by atoms with E-state index in [0.717, 1.165) is 23.5 Å². The number of methoxy groups -OCH3 is 1. The highest BCUT2D eigenvalue weighted by molar-refractivity contribution is 5.94. The second-order valence-corrected chi connectivity index (χ2v) is 5.70. The van der Waals surface area contributed by atoms with E-state index in [-0.39, 0.29) is 11.5 Å². The second kappa shape index (κ2) is 6.28. The lowest BCUT2D eigenvalue weighted by Crippen LogP contribution is -2.25. The van der Waals surface area contributed by atoms with Crippen molar-refractivity contribution in [1.29, 1.82) is 0 Å². The minimum absolute atomic E-state index is 0.0203. The molecule has 0 fully saturated rings. The maximum atomic E-state index is 13.8. The Hall–Kier alpha value is -2.56. The van der Waals surface area contributed by atoms with Crippen molar-refractivity contribution in [2.45, 2.75) is 12.8 Å². The van der Waals surface area contributed by atoms with Crippen molar-refractivity contribution in [1.82, 2.24) is 0 Å². The molecule has 0 aromatic heterocycles. The Morgan fingerprint density at radius 2 is 2.22 bits per heavy atom. The summed E-state index contributed by atoms with van der Waals surface area (Å²) in [6.45, 7) is 0.509. The van der Waals surface area contributed by atoms with Crippen LogP contribution in [0.4, 0.5) is 4.39 Å². The maximum absolute atomic E-state index is 13.8. The fourth-order valence-corrected chi connectivity index (χ4v) is 3.00. The van der Waals surface area contributed by atoms with Gasteiger partial charge in [0.1, 0.15) is 17.3 Å². The molecular weight excluding hydrogens is 297 g/mol. The number of primary amides is 1. The number of hydrogen-bond acceptors (Lipinski definition) is 3. The minimum atomic E-state index is -0.736. The van der Waals surface area contributed by atoms with Gasteiger partial charge in [0.15, 0.2) is 0 Å². The first-order chi connectivity index (χ1) is 11.1. The molecule has 4 nitrogen and oxygen atoms in total. The molecular formula is C18H18FNO3. The smallest absolute Gasteiger partial charge is 0.251 e. The molecule has 5 heteroatoms. The number of amides is 1. The van der Waals surface area contributed by atoms with Crippen LogP contribution in [0.1, 0.15) is 21.5 Å². The van der Waals surface area contributed by atoms with Gasteiger partial charge in [0.2, 0.25) is 0 Å². The van der Waals surface area contributed by atoms with Gasteiger partial charge < -0.3 is 15.2 Å². The quantitative estimate of drug-likeness (QED) is 0.943. The second-order valence-electron chi connectivity index (χ2n) is 5.70. The van der Waals surface area contributed by atoms with E-state index in [1.807, 2.05) is 18.2 Å². The normalized spacial score (nSPS) is 16.3. The number of carbonyl (C=O) groups excluding carboxylic acids is 1. The molecule has 1 aliphatic heterocycles. The molecule has 0 spiro atoms. The molecule has 1 atom stereocenters. The summed E-state index contributed by atoms with van der Waals surface area (Å²) in [4.78, 5) is 11.5. The van der Waals surface area contributed by atoms with Crippen LogP contribution in [0.3, 0.4) is 0 Å². The lowest BCUT2D eigenvalue weighted by Gasteiger charge is -2.26. The summed E-state index contributed by atoms with van der Waals surface area (Å²) in [7, 11) is 1.61. The number of ether oxygens (including phenoxy) is 2. The zero-order valence-corrected chi connectivity index (χ0v) is 12.8. The van der Waals surface area contributed by atoms with Crippen molar-refractivity contribution in [3.05, 3.63) is 58.9 Å². The molecule has 0 saturated carbocycles. The number of carbonyl (C=O) groups is 1. The van der Waals surface area contributed by atoms with Crippen LogP contribution in [0.5, 0.6) is 11.5 Å². The van der Waals surface area contributed by atoms with Gasteiger partial charge in [-0.2, -0.15) is 0 Å². The minimum Gasteiger partial charge on any atom is -0.497 e. The number of nitrogens with two attached hydrogens (primary N) is 1. The van der Waals surface area contributed by atoms with Gasteiger partial charge in [-0.1, -0.05) is 18.2 Å². The van der Waals surface area contributed by atoms with Crippen LogP contribution in [0.15, 0.2) is 36.4 Å². The van der Waals surface area contributed by atoms with Crippen LogP contribution in [-0.2, 0) is 12.8 Å². The van der Waals surface area contributed by atoms with E-state index in [1.165, 1.54) is 6.07 Å². The van der Waals surface area contributed by atoms with Gasteiger partial charge in [-0.15, -0.1) is 0 Å². The Labute approximate surface area is 134 Å². The first-order valence-corrected chi connectivity index (χ1v) is 7.45. The zero-order valence-electron chi connectivity index (χ0n) is 12.8. The van der Waals surface area contributed by atoms with Gasteiger partial charge in [-0.25, -0.2) is 4.39 Å². The topological polar surface area (TPSA) is 61.6 Å². The van der Waals surface area contributed by atoms with Crippen molar-refractivity contribution < 1.29 is 18.7 Å². The van der Waals surface area contributed by atoms with Gasteiger partial charge >= 0.3 is 0 Å². The van der Waals surface area contributed by atoms with Crippen LogP contribution < -0.4 is 15.2 Å². The SMILES string of the molecule is COc1ccc2c(c1)OC[C@H](Cc1cccc(F)c1C(N)=O)C2. The highest BCUT2D eigenvalue weighted by atomic mass is 19.1. The van der Waals surface area contributed by atoms with Crippen LogP contribution in [0.25, 0.3) is 0 Å². The highest BCUT2D eigenvalue weighted by Crippen LogP contribution is 2.32. The molecule has 0 bridgehead atoms. The molecule has 0 radical (unpaired) electrons. The molecule has 0 aliphatic carbocycles. The highest BCUT2D eigenvalue weighted by Gasteiger charge is 2.23. The van der Waals surface area contributed by atoms with Crippen LogP contribution >= 0.6 is 0 Å². The third kappa shape index (κ3) is 3.13. The molecule has 0 saturated heterocycles. The first-order valence-electron chi connectivity index (χ1n) is 7.45. The molecule has 1 aliphatic rings. The van der Waals surface area contributed by atoms with Crippen LogP contribution in [0, 0.1) is 11.7 Å². The van der Waals surface area contributed by atoms with E-state index >= 15 is 0 Å². The largest absolute Gasteiger partial charge is 0.497 e. The molecule has 2 aromatic carbocycles. The summed E-state index contributed by atoms with van der Waals surface area (Å²) in [5.74, 6) is 0.422. The van der Waals surface area contributed by atoms with Crippen LogP contribution in [-0.4, -0.2) is 19.6 Å². The van der Waals surface area contributed by atoms with Gasteiger partial charge in [-0.3, -0.25) is 4.79 Å². The number of hydrogen-bond donors (Lipinski definition) is 1. The average Bonchev–Trinajstić information content (AvgIpc) is 2.54. The molecule has 120 valence electrons. The summed E-state index contributed by atoms with van der Waals surface area (Å²) in [5.41, 5.74) is 6.99. The van der Waals surface area contributed by atoms with E-state index < -0.39 is 11.7 Å². The van der Waals surface area contributed by atoms with Gasteiger partial charge in [-0.05, 0) is 36.1 Å². The molecule has 23 heavy (non-hydrogen) atoms. The third-order valence-electron chi connectivity index (χ3n) is 4.11. The van der Waals surface area contributed by atoms with Crippen LogP contribution in [0.2, 0.25) is 0 Å². The summed E-state index contributed by atoms with van der Waals surface area (Å²) in [5, 5.41) is 0. The van der Waals surface area contributed by atoms with E-state index in [2.05, 4.69) is 0 Å². The van der Waals surface area contributed by atoms with Crippen molar-refractivity contribution in [3.8, 4) is 11.5 Å². The molecule has 1 amide bonds. The van der Waals surface area contributed by atoms with E-state index in [9.17, 15) is 9.18 Å². The fourth-order valence-electron chi connectivity index (χ4n) is 3.00. The monoisotopic (exact) mass is 315 g/mol. The number of halogens is 1. The summed E-state index contributed by atoms with van der Waals surface area (Å²) in [6, 6.07) is 10.3. The van der Waals surface area contributed by atoms with Crippen molar-refractivity contribution in [2.75, 3.05) is 13.7 Å². The summed E-state index contributed by atoms with van der Waals surface area (Å²) < 4.78 is 24.8. The Kier molecular flexibility index (Phi) is 4.19. The lowest BCUT2D eigenvalue weighted by atomic mass is 9.89. The maximum Gasteiger partial charge on any atom is 0.251 e. The number of fused-ring (bicyclic) bond motifs is 1. The van der Waals surface area contributed by atoms with Gasteiger partial charge in [0.05, 0.1) is 19.3 Å². The Bertz CT molecular complexity index is 745. The molecule has 0 unspecified atom stereocenters. The van der Waals surface area contributed by atoms with Gasteiger partial charge in [0, 0.05) is 12.0 Å². The van der Waals surface area contributed by atoms with E-state index in [0.29, 0.717) is 18.6 Å². The summed E-state index contributed by atoms with van der Waals surface area (Å²) in [6.07, 6.45) is 1.34. The number of rotatable bonds is 4. The Morgan fingerprint density at radius 1 is 1.39 bits per heavy atom. The van der Waals surface area contributed by atoms with E-state index in [4.69, 9.17) is 15.2 Å². The Morgan fingerprint density at radius 3 is 2.96 bits per heavy atom. The zero-order chi connectivity index (χ0) is 16.4. The molecule has 3 rings (SSSR count). The molecule has 2 aromatic rings. The Balaban J connectivity index is 1.80. The predicted octanol–water partition coefficient (Wildman–Crippen LogP) is 2.73. The first kappa shape index (κ1) is 15.3. The van der Waals surface area contributed by atoms with Crippen molar-refractivity contribution in [3.63, 3.8) is 0 Å². The standard InChI is InChI=1S/C18H18FNO3/c1-22-14-6-5-12-7-11(10-23-16(12)9-14)8-13-3-2-4-15(19)17(13)18(20)21/h2-6,9,11H,7-8,10H2,1H3,(H2,20,21)/t11-/m0/s1. The average molecular weight is 315 g/mol. The number of benzene rings is 2. The third-order valence-corrected chi connectivity index (χ3v) is 4.11.